The lowest BCUT2D eigenvalue weighted by Gasteiger charge is -2.07. The van der Waals surface area contributed by atoms with Crippen molar-refractivity contribution in [2.75, 3.05) is 10.5 Å². The number of aliphatic imine (C=N–C) groups is 1. The predicted octanol–water partition coefficient (Wildman–Crippen LogP) is 4.54. The summed E-state index contributed by atoms with van der Waals surface area (Å²) in [7, 11) is -3.43. The first-order chi connectivity index (χ1) is 14.8. The van der Waals surface area contributed by atoms with Crippen molar-refractivity contribution >= 4 is 72.8 Å². The zero-order valence-electron chi connectivity index (χ0n) is 16.3. The number of hydrogen-bond donors (Lipinski definition) is 2. The van der Waals surface area contributed by atoms with Gasteiger partial charge in [0.2, 0.25) is 10.0 Å². The van der Waals surface area contributed by atoms with Crippen LogP contribution in [-0.2, 0) is 14.8 Å². The summed E-state index contributed by atoms with van der Waals surface area (Å²) in [6.45, 7) is 1.55. The minimum Gasteiger partial charge on any atom is -0.300 e. The van der Waals surface area contributed by atoms with E-state index in [0.29, 0.717) is 26.5 Å². The van der Waals surface area contributed by atoms with Gasteiger partial charge in [-0.1, -0.05) is 23.7 Å². The van der Waals surface area contributed by atoms with Gasteiger partial charge in [0.05, 0.1) is 32.6 Å². The highest BCUT2D eigenvalue weighted by Crippen LogP contribution is 2.33. The first-order valence-corrected chi connectivity index (χ1v) is 12.1. The number of rotatable bonds is 5. The van der Waals surface area contributed by atoms with Crippen molar-refractivity contribution < 1.29 is 13.2 Å². The van der Waals surface area contributed by atoms with Gasteiger partial charge in [0.1, 0.15) is 0 Å². The highest BCUT2D eigenvalue weighted by atomic mass is 35.5. The summed E-state index contributed by atoms with van der Waals surface area (Å²) in [4.78, 5) is 21.6. The molecule has 1 fully saturated rings. The number of halogens is 1. The summed E-state index contributed by atoms with van der Waals surface area (Å²) in [5.74, 6) is -0.321. The fraction of sp³-hybridized carbons (Fsp3) is 0.0952. The number of anilines is 1. The molecule has 0 saturated carbocycles. The number of aromatic nitrogens is 1. The van der Waals surface area contributed by atoms with Crippen molar-refractivity contribution in [2.45, 2.75) is 6.92 Å². The van der Waals surface area contributed by atoms with Crippen LogP contribution in [0.25, 0.3) is 17.0 Å². The fourth-order valence-corrected chi connectivity index (χ4v) is 4.46. The average Bonchev–Trinajstić information content (AvgIpc) is 3.09. The maximum absolute atomic E-state index is 12.4. The highest BCUT2D eigenvalue weighted by Gasteiger charge is 2.24. The number of nitrogens with zero attached hydrogens (tertiary/aromatic N) is 2. The molecule has 4 rings (SSSR count). The van der Waals surface area contributed by atoms with Crippen molar-refractivity contribution in [3.05, 3.63) is 70.2 Å². The van der Waals surface area contributed by atoms with Gasteiger partial charge in [-0.3, -0.25) is 14.5 Å². The first kappa shape index (κ1) is 21.4. The molecule has 0 unspecified atom stereocenters. The van der Waals surface area contributed by atoms with Crippen LogP contribution in [0.1, 0.15) is 12.5 Å². The molecule has 2 heterocycles. The molecule has 1 saturated heterocycles. The molecular weight excluding hydrogens is 456 g/mol. The fourth-order valence-electron chi connectivity index (χ4n) is 2.84. The summed E-state index contributed by atoms with van der Waals surface area (Å²) >= 11 is 7.39. The number of fused-ring (bicyclic) bond motifs is 1. The van der Waals surface area contributed by atoms with Crippen LogP contribution in [0.4, 0.5) is 11.4 Å². The zero-order chi connectivity index (χ0) is 22.0. The summed E-state index contributed by atoms with van der Waals surface area (Å²) in [6, 6.07) is 14.2. The second-order valence-electron chi connectivity index (χ2n) is 6.61. The molecule has 2 aromatic carbocycles. The lowest BCUT2D eigenvalue weighted by atomic mass is 10.1. The van der Waals surface area contributed by atoms with Crippen LogP contribution < -0.4 is 10.0 Å². The zero-order valence-corrected chi connectivity index (χ0v) is 18.7. The Morgan fingerprint density at radius 3 is 2.87 bits per heavy atom. The third-order valence-corrected chi connectivity index (χ3v) is 6.93. The van der Waals surface area contributed by atoms with Crippen molar-refractivity contribution in [1.82, 2.24) is 10.3 Å². The van der Waals surface area contributed by atoms with Gasteiger partial charge >= 0.3 is 0 Å². The van der Waals surface area contributed by atoms with Crippen LogP contribution in [0.3, 0.4) is 0 Å². The van der Waals surface area contributed by atoms with E-state index in [0.717, 1.165) is 16.5 Å². The Labute approximate surface area is 188 Å². The maximum Gasteiger partial charge on any atom is 0.264 e. The first-order valence-electron chi connectivity index (χ1n) is 9.27. The quantitative estimate of drug-likeness (QED) is 0.531. The molecule has 1 aromatic heterocycles. The molecule has 1 amide bonds. The molecule has 1 aliphatic heterocycles. The van der Waals surface area contributed by atoms with E-state index in [-0.39, 0.29) is 11.7 Å². The minimum atomic E-state index is -3.43. The molecule has 0 radical (unpaired) electrons. The molecule has 3 aromatic rings. The van der Waals surface area contributed by atoms with E-state index >= 15 is 0 Å². The van der Waals surface area contributed by atoms with Crippen molar-refractivity contribution in [1.29, 1.82) is 0 Å². The number of hydrogen-bond acceptors (Lipinski definition) is 6. The molecule has 0 bridgehead atoms. The Hall–Kier alpha value is -2.88. The van der Waals surface area contributed by atoms with Crippen molar-refractivity contribution in [2.24, 2.45) is 4.99 Å². The van der Waals surface area contributed by atoms with E-state index in [2.05, 4.69) is 20.0 Å². The summed E-state index contributed by atoms with van der Waals surface area (Å²) < 4.78 is 26.1. The number of amides is 1. The molecule has 2 N–H and O–H groups in total. The molecule has 31 heavy (non-hydrogen) atoms. The molecule has 0 atom stereocenters. The van der Waals surface area contributed by atoms with Crippen molar-refractivity contribution in [3.63, 3.8) is 0 Å². The third-order valence-electron chi connectivity index (χ3n) is 4.40. The van der Waals surface area contributed by atoms with Gasteiger partial charge in [0.25, 0.3) is 5.91 Å². The van der Waals surface area contributed by atoms with Crippen LogP contribution >= 0.6 is 23.4 Å². The van der Waals surface area contributed by atoms with E-state index in [1.165, 1.54) is 17.8 Å². The number of carbonyl (C=O) groups excluding carboxylic acids is 1. The number of amidine groups is 1. The summed E-state index contributed by atoms with van der Waals surface area (Å²) in [5.41, 5.74) is 2.44. The lowest BCUT2D eigenvalue weighted by Crippen LogP contribution is -2.19. The van der Waals surface area contributed by atoms with Gasteiger partial charge in [-0.25, -0.2) is 13.4 Å². The van der Waals surface area contributed by atoms with Gasteiger partial charge in [0.15, 0.2) is 5.17 Å². The van der Waals surface area contributed by atoms with E-state index < -0.39 is 10.0 Å². The number of benzene rings is 2. The van der Waals surface area contributed by atoms with Crippen LogP contribution in [0.2, 0.25) is 5.02 Å². The van der Waals surface area contributed by atoms with Gasteiger partial charge in [-0.2, -0.15) is 0 Å². The second-order valence-corrected chi connectivity index (χ2v) is 10.1. The van der Waals surface area contributed by atoms with Gasteiger partial charge in [0, 0.05) is 11.6 Å². The van der Waals surface area contributed by atoms with Gasteiger partial charge in [-0.15, -0.1) is 0 Å². The van der Waals surface area contributed by atoms with Crippen molar-refractivity contribution in [3.8, 4) is 0 Å². The molecule has 0 aliphatic carbocycles. The molecule has 0 spiro atoms. The standard InChI is InChI=1S/C21H17ClN4O3S2/c1-2-31(28,29)26-15-6-7-16(22)18(12-15)24-21-25-20(27)19(30-21)11-13-5-8-17-14(10-13)4-3-9-23-17/h3-12,26H,2H2,1H3,(H,24,25,27)/b19-11+. The van der Waals surface area contributed by atoms with Crippen LogP contribution in [0.15, 0.2) is 64.6 Å². The van der Waals surface area contributed by atoms with E-state index in [9.17, 15) is 13.2 Å². The monoisotopic (exact) mass is 472 g/mol. The molecule has 7 nitrogen and oxygen atoms in total. The van der Waals surface area contributed by atoms with E-state index in [1.807, 2.05) is 30.3 Å². The lowest BCUT2D eigenvalue weighted by molar-refractivity contribution is -0.115. The molecule has 1 aliphatic rings. The predicted molar refractivity (Wildman–Crippen MR) is 127 cm³/mol. The number of nitrogens with one attached hydrogen (secondary N) is 2. The Bertz CT molecular complexity index is 1350. The van der Waals surface area contributed by atoms with Crippen LogP contribution in [0.5, 0.6) is 0 Å². The Morgan fingerprint density at radius 2 is 2.06 bits per heavy atom. The van der Waals surface area contributed by atoms with Crippen LogP contribution in [0, 0.1) is 0 Å². The molecule has 158 valence electrons. The smallest absolute Gasteiger partial charge is 0.264 e. The minimum absolute atomic E-state index is 0.0512. The Balaban J connectivity index is 1.59. The second kappa shape index (κ2) is 8.70. The SMILES string of the molecule is CCS(=O)(=O)Nc1ccc(Cl)c(N=C2NC(=O)/C(=C\c3ccc4ncccc4c3)S2)c1. The number of sulfonamides is 1. The van der Waals surface area contributed by atoms with Gasteiger partial charge < -0.3 is 5.32 Å². The summed E-state index contributed by atoms with van der Waals surface area (Å²) in [5, 5.41) is 4.38. The number of pyridine rings is 1. The van der Waals surface area contributed by atoms with E-state index in [1.54, 1.807) is 31.3 Å². The largest absolute Gasteiger partial charge is 0.300 e. The molecular formula is C21H17ClN4O3S2. The molecule has 10 heteroatoms. The summed E-state index contributed by atoms with van der Waals surface area (Å²) in [6.07, 6.45) is 3.51. The van der Waals surface area contributed by atoms with Crippen LogP contribution in [-0.4, -0.2) is 30.2 Å². The normalized spacial score (nSPS) is 16.8. The maximum atomic E-state index is 12.4. The Morgan fingerprint density at radius 1 is 1.23 bits per heavy atom. The average molecular weight is 473 g/mol. The number of carbonyl (C=O) groups is 1. The highest BCUT2D eigenvalue weighted by molar-refractivity contribution is 8.18. The third kappa shape index (κ3) is 5.07. The number of thioether (sulfide) groups is 1. The van der Waals surface area contributed by atoms with Gasteiger partial charge in [-0.05, 0) is 66.7 Å². The topological polar surface area (TPSA) is 101 Å². The van der Waals surface area contributed by atoms with E-state index in [4.69, 9.17) is 11.6 Å². The Kier molecular flexibility index (Phi) is 5.99.